The third kappa shape index (κ3) is 3.34. The Kier molecular flexibility index (Phi) is 4.75. The molecule has 0 aromatic heterocycles. The summed E-state index contributed by atoms with van der Waals surface area (Å²) in [6.07, 6.45) is -0.996. The third-order valence-electron chi connectivity index (χ3n) is 5.49. The maximum absolute atomic E-state index is 13.4. The molecule has 4 amide bonds. The van der Waals surface area contributed by atoms with Gasteiger partial charge in [-0.3, -0.25) is 24.8 Å². The third-order valence-corrected chi connectivity index (χ3v) is 5.49. The number of amides is 4. The fraction of sp³-hybridized carbons (Fsp3) is 0.474. The summed E-state index contributed by atoms with van der Waals surface area (Å²) in [6.45, 7) is 4.40. The van der Waals surface area contributed by atoms with Crippen LogP contribution in [0.3, 0.4) is 0 Å². The first-order valence-electron chi connectivity index (χ1n) is 9.51. The molecule has 0 radical (unpaired) electrons. The van der Waals surface area contributed by atoms with Crippen LogP contribution in [0.4, 0.5) is 4.79 Å². The molecule has 10 nitrogen and oxygen atoms in total. The number of nitrogens with two attached hydrogens (primary N) is 1. The summed E-state index contributed by atoms with van der Waals surface area (Å²) in [7, 11) is 1.67. The fourth-order valence-corrected chi connectivity index (χ4v) is 4.27. The molecule has 0 aliphatic carbocycles. The second-order valence-corrected chi connectivity index (χ2v) is 7.81. The van der Waals surface area contributed by atoms with E-state index >= 15 is 0 Å². The molecule has 3 heterocycles. The number of nitrogens with zero attached hydrogens (tertiary/aromatic N) is 5. The highest BCUT2D eigenvalue weighted by Gasteiger charge is 2.56. The summed E-state index contributed by atoms with van der Waals surface area (Å²) in [6, 6.07) is 6.82. The number of hydrogen-bond acceptors (Lipinski definition) is 7. The van der Waals surface area contributed by atoms with Gasteiger partial charge in [-0.25, -0.2) is 9.69 Å². The number of carbonyl (C=O) groups excluding carboxylic acids is 3. The van der Waals surface area contributed by atoms with Crippen molar-refractivity contribution in [3.63, 3.8) is 0 Å². The first-order chi connectivity index (χ1) is 13.8. The molecule has 1 aromatic carbocycles. The van der Waals surface area contributed by atoms with E-state index in [4.69, 9.17) is 5.73 Å². The van der Waals surface area contributed by atoms with E-state index in [0.717, 1.165) is 16.8 Å². The molecule has 3 aliphatic rings. The summed E-state index contributed by atoms with van der Waals surface area (Å²) >= 11 is 0. The van der Waals surface area contributed by atoms with Gasteiger partial charge < -0.3 is 10.6 Å². The lowest BCUT2D eigenvalue weighted by Crippen LogP contribution is -2.66. The molecule has 1 aromatic rings. The monoisotopic (exact) mass is 399 g/mol. The van der Waals surface area contributed by atoms with E-state index in [1.807, 2.05) is 43.0 Å². The average molecular weight is 399 g/mol. The maximum atomic E-state index is 13.4. The van der Waals surface area contributed by atoms with Gasteiger partial charge in [0.2, 0.25) is 5.91 Å². The summed E-state index contributed by atoms with van der Waals surface area (Å²) < 4.78 is 0. The first kappa shape index (κ1) is 19.3. The Bertz CT molecular complexity index is 902. The molecule has 0 bridgehead atoms. The molecule has 154 valence electrons. The van der Waals surface area contributed by atoms with Crippen molar-refractivity contribution in [2.24, 2.45) is 10.8 Å². The maximum Gasteiger partial charge on any atom is 0.328 e. The Labute approximate surface area is 168 Å². The molecule has 4 rings (SSSR count). The predicted molar refractivity (Wildman–Crippen MR) is 105 cm³/mol. The minimum Gasteiger partial charge on any atom is -0.368 e. The molecule has 0 spiro atoms. The fourth-order valence-electron chi connectivity index (χ4n) is 4.27. The van der Waals surface area contributed by atoms with Crippen LogP contribution in [0.1, 0.15) is 18.1 Å². The van der Waals surface area contributed by atoms with Crippen molar-refractivity contribution < 1.29 is 14.4 Å². The molecule has 2 fully saturated rings. The largest absolute Gasteiger partial charge is 0.368 e. The smallest absolute Gasteiger partial charge is 0.328 e. The number of aryl methyl sites for hydroxylation is 1. The first-order valence-corrected chi connectivity index (χ1v) is 9.51. The van der Waals surface area contributed by atoms with Crippen LogP contribution in [-0.4, -0.2) is 81.9 Å². The highest BCUT2D eigenvalue weighted by Crippen LogP contribution is 2.30. The Morgan fingerprint density at radius 2 is 2.07 bits per heavy atom. The average Bonchev–Trinajstić information content (AvgIpc) is 3.03. The van der Waals surface area contributed by atoms with Crippen molar-refractivity contribution in [1.29, 1.82) is 0 Å². The topological polar surface area (TPSA) is 115 Å². The van der Waals surface area contributed by atoms with Crippen LogP contribution in [0.2, 0.25) is 0 Å². The van der Waals surface area contributed by atoms with Crippen LogP contribution in [0.25, 0.3) is 0 Å². The molecule has 3 unspecified atom stereocenters. The SMILES string of the molecule is CC1=NN(CC(N)=O)C2NC3C(C(=O)N(Cc4cccc(C)c4)C(=O)N3C)N2C1. The number of fused-ring (bicyclic) bond motifs is 3. The number of nitrogens with one attached hydrogen (secondary N) is 1. The molecular formula is C19H25N7O3. The van der Waals surface area contributed by atoms with E-state index in [2.05, 4.69) is 10.4 Å². The zero-order chi connectivity index (χ0) is 20.9. The van der Waals surface area contributed by atoms with E-state index < -0.39 is 24.4 Å². The summed E-state index contributed by atoms with van der Waals surface area (Å²) in [5.74, 6) is -0.778. The Balaban J connectivity index is 1.63. The second kappa shape index (κ2) is 7.12. The van der Waals surface area contributed by atoms with Crippen LogP contribution in [0, 0.1) is 6.92 Å². The lowest BCUT2D eigenvalue weighted by atomic mass is 10.1. The number of hydrazone groups is 1. The number of likely N-dealkylation sites (N-methyl/N-ethyl adjacent to an activating group) is 1. The lowest BCUT2D eigenvalue weighted by Gasteiger charge is -2.42. The predicted octanol–water partition coefficient (Wildman–Crippen LogP) is -0.551. The molecule has 10 heteroatoms. The Morgan fingerprint density at radius 3 is 2.76 bits per heavy atom. The summed E-state index contributed by atoms with van der Waals surface area (Å²) in [5.41, 5.74) is 8.09. The zero-order valence-corrected chi connectivity index (χ0v) is 16.7. The normalized spacial score (nSPS) is 27.1. The minimum absolute atomic E-state index is 0.0796. The van der Waals surface area contributed by atoms with Crippen LogP contribution in [0.15, 0.2) is 29.4 Å². The van der Waals surface area contributed by atoms with Crippen LogP contribution >= 0.6 is 0 Å². The number of benzene rings is 1. The van der Waals surface area contributed by atoms with Crippen molar-refractivity contribution in [2.45, 2.75) is 38.9 Å². The van der Waals surface area contributed by atoms with Gasteiger partial charge in [0.05, 0.1) is 6.54 Å². The number of rotatable bonds is 4. The van der Waals surface area contributed by atoms with Gasteiger partial charge in [-0.1, -0.05) is 29.8 Å². The summed E-state index contributed by atoms with van der Waals surface area (Å²) in [5, 5.41) is 9.21. The number of urea groups is 1. The van der Waals surface area contributed by atoms with E-state index in [1.54, 1.807) is 7.05 Å². The van der Waals surface area contributed by atoms with E-state index in [0.29, 0.717) is 6.54 Å². The quantitative estimate of drug-likeness (QED) is 0.702. The van der Waals surface area contributed by atoms with Crippen LogP contribution in [-0.2, 0) is 16.1 Å². The van der Waals surface area contributed by atoms with Gasteiger partial charge in [0.1, 0.15) is 18.8 Å². The molecule has 3 atom stereocenters. The van der Waals surface area contributed by atoms with Gasteiger partial charge in [-0.15, -0.1) is 0 Å². The number of primary amides is 1. The second-order valence-electron chi connectivity index (χ2n) is 7.81. The van der Waals surface area contributed by atoms with Crippen LogP contribution < -0.4 is 11.1 Å². The molecule has 29 heavy (non-hydrogen) atoms. The molecule has 2 saturated heterocycles. The van der Waals surface area contributed by atoms with Crippen molar-refractivity contribution in [2.75, 3.05) is 20.1 Å². The van der Waals surface area contributed by atoms with E-state index in [1.165, 1.54) is 14.8 Å². The van der Waals surface area contributed by atoms with Crippen molar-refractivity contribution in [3.8, 4) is 0 Å². The Hall–Kier alpha value is -2.98. The number of carbonyl (C=O) groups is 3. The van der Waals surface area contributed by atoms with Gasteiger partial charge in [0.25, 0.3) is 5.91 Å². The standard InChI is InChI=1S/C19H25N7O3/c1-11-5-4-6-13(7-11)9-25-17(28)15-16(23(3)19(25)29)21-18-24(15)8-12(2)22-26(18)10-14(20)27/h4-7,15-16,18,21H,8-10H2,1-3H3,(H2,20,27). The molecular weight excluding hydrogens is 374 g/mol. The Morgan fingerprint density at radius 1 is 1.31 bits per heavy atom. The van der Waals surface area contributed by atoms with Crippen molar-refractivity contribution >= 4 is 23.6 Å². The van der Waals surface area contributed by atoms with Crippen molar-refractivity contribution in [3.05, 3.63) is 35.4 Å². The number of hydrogen-bond donors (Lipinski definition) is 2. The minimum atomic E-state index is -0.576. The van der Waals surface area contributed by atoms with Gasteiger partial charge in [0, 0.05) is 19.3 Å². The van der Waals surface area contributed by atoms with Gasteiger partial charge >= 0.3 is 6.03 Å². The molecule has 3 N–H and O–H groups in total. The van der Waals surface area contributed by atoms with E-state index in [-0.39, 0.29) is 25.0 Å². The zero-order valence-electron chi connectivity index (χ0n) is 16.7. The highest BCUT2D eigenvalue weighted by molar-refractivity contribution is 6.01. The van der Waals surface area contributed by atoms with Crippen LogP contribution in [0.5, 0.6) is 0 Å². The molecule has 0 saturated carbocycles. The lowest BCUT2D eigenvalue weighted by molar-refractivity contribution is -0.139. The number of imide groups is 1. The molecule has 3 aliphatic heterocycles. The highest BCUT2D eigenvalue weighted by atomic mass is 16.2. The van der Waals surface area contributed by atoms with Gasteiger partial charge in [0.15, 0.2) is 6.29 Å². The van der Waals surface area contributed by atoms with Gasteiger partial charge in [-0.2, -0.15) is 5.10 Å². The van der Waals surface area contributed by atoms with Crippen molar-refractivity contribution in [1.82, 2.24) is 25.0 Å². The van der Waals surface area contributed by atoms with Gasteiger partial charge in [-0.05, 0) is 19.4 Å². The summed E-state index contributed by atoms with van der Waals surface area (Å²) in [4.78, 5) is 42.6. The van der Waals surface area contributed by atoms with E-state index in [9.17, 15) is 14.4 Å².